The van der Waals surface area contributed by atoms with E-state index in [1.807, 2.05) is 18.2 Å². The van der Waals surface area contributed by atoms with Crippen LogP contribution in [0.4, 0.5) is 0 Å². The fraction of sp³-hybridized carbons (Fsp3) is 0.625. The second kappa shape index (κ2) is 6.65. The molecule has 4 heteroatoms. The van der Waals surface area contributed by atoms with Gasteiger partial charge in [0, 0.05) is 12.6 Å². The Labute approximate surface area is 132 Å². The Morgan fingerprint density at radius 1 is 1.25 bits per heavy atom. The van der Waals surface area contributed by atoms with Gasteiger partial charge in [0.25, 0.3) is 0 Å². The van der Waals surface area contributed by atoms with E-state index >= 15 is 0 Å². The first-order chi connectivity index (χ1) is 9.44. The Bertz CT molecular complexity index is 460. The summed E-state index contributed by atoms with van der Waals surface area (Å²) in [6.45, 7) is 7.41. The van der Waals surface area contributed by atoms with Crippen LogP contribution in [-0.4, -0.2) is 24.5 Å². The van der Waals surface area contributed by atoms with E-state index in [4.69, 9.17) is 28.9 Å². The number of rotatable bonds is 3. The monoisotopic (exact) mass is 314 g/mol. The molecule has 0 aliphatic carbocycles. The molecule has 2 N–H and O–H groups in total. The molecule has 1 fully saturated rings. The maximum absolute atomic E-state index is 6.37. The van der Waals surface area contributed by atoms with Crippen molar-refractivity contribution in [1.29, 1.82) is 0 Å². The van der Waals surface area contributed by atoms with Crippen LogP contribution in [0.25, 0.3) is 0 Å². The van der Waals surface area contributed by atoms with Crippen LogP contribution in [-0.2, 0) is 0 Å². The van der Waals surface area contributed by atoms with Gasteiger partial charge in [0.2, 0.25) is 0 Å². The summed E-state index contributed by atoms with van der Waals surface area (Å²) >= 11 is 12.5. The molecular formula is C16H24Cl2N2. The van der Waals surface area contributed by atoms with Crippen LogP contribution in [0.1, 0.15) is 44.7 Å². The average molecular weight is 315 g/mol. The highest BCUT2D eigenvalue weighted by atomic mass is 35.5. The van der Waals surface area contributed by atoms with E-state index in [0.29, 0.717) is 22.0 Å². The Kier molecular flexibility index (Phi) is 5.36. The first-order valence-electron chi connectivity index (χ1n) is 7.32. The van der Waals surface area contributed by atoms with E-state index < -0.39 is 0 Å². The quantitative estimate of drug-likeness (QED) is 0.889. The van der Waals surface area contributed by atoms with Gasteiger partial charge in [-0.25, -0.2) is 0 Å². The van der Waals surface area contributed by atoms with Gasteiger partial charge >= 0.3 is 0 Å². The van der Waals surface area contributed by atoms with Gasteiger partial charge in [-0.3, -0.25) is 4.90 Å². The van der Waals surface area contributed by atoms with Crippen LogP contribution < -0.4 is 5.73 Å². The summed E-state index contributed by atoms with van der Waals surface area (Å²) < 4.78 is 0. The summed E-state index contributed by atoms with van der Waals surface area (Å²) in [7, 11) is 0. The number of halogens is 2. The van der Waals surface area contributed by atoms with Crippen molar-refractivity contribution in [3.8, 4) is 0 Å². The van der Waals surface area contributed by atoms with E-state index in [0.717, 1.165) is 18.7 Å². The molecule has 2 rings (SSSR count). The molecule has 1 aromatic carbocycles. The third kappa shape index (κ3) is 3.67. The fourth-order valence-electron chi connectivity index (χ4n) is 3.01. The molecule has 112 valence electrons. The van der Waals surface area contributed by atoms with Crippen LogP contribution >= 0.6 is 23.2 Å². The lowest BCUT2D eigenvalue weighted by Gasteiger charge is -2.31. The van der Waals surface area contributed by atoms with Crippen LogP contribution in [0, 0.1) is 5.41 Å². The molecule has 0 saturated carbocycles. The van der Waals surface area contributed by atoms with Crippen molar-refractivity contribution in [2.45, 2.75) is 39.2 Å². The van der Waals surface area contributed by atoms with Crippen LogP contribution in [0.3, 0.4) is 0 Å². The van der Waals surface area contributed by atoms with E-state index in [9.17, 15) is 0 Å². The van der Waals surface area contributed by atoms with Crippen molar-refractivity contribution in [1.82, 2.24) is 4.90 Å². The molecule has 1 atom stereocenters. The summed E-state index contributed by atoms with van der Waals surface area (Å²) in [5.41, 5.74) is 7.51. The molecule has 1 heterocycles. The lowest BCUT2D eigenvalue weighted by Crippen LogP contribution is -2.35. The molecule has 0 aromatic heterocycles. The Hall–Kier alpha value is -0.280. The van der Waals surface area contributed by atoms with Crippen molar-refractivity contribution in [2.75, 3.05) is 19.6 Å². The predicted molar refractivity (Wildman–Crippen MR) is 87.5 cm³/mol. The average Bonchev–Trinajstić information content (AvgIpc) is 2.57. The smallest absolute Gasteiger partial charge is 0.0640 e. The van der Waals surface area contributed by atoms with Crippen LogP contribution in [0.5, 0.6) is 0 Å². The first-order valence-corrected chi connectivity index (χ1v) is 8.08. The molecule has 0 radical (unpaired) electrons. The van der Waals surface area contributed by atoms with Crippen molar-refractivity contribution in [3.05, 3.63) is 33.8 Å². The van der Waals surface area contributed by atoms with Gasteiger partial charge in [0.1, 0.15) is 0 Å². The zero-order valence-corrected chi connectivity index (χ0v) is 13.8. The number of hydrogen-bond acceptors (Lipinski definition) is 2. The predicted octanol–water partition coefficient (Wildman–Crippen LogP) is 4.51. The van der Waals surface area contributed by atoms with E-state index in [1.54, 1.807) is 0 Å². The molecule has 1 aliphatic heterocycles. The molecule has 1 aromatic rings. The Morgan fingerprint density at radius 2 is 2.00 bits per heavy atom. The van der Waals surface area contributed by atoms with Crippen molar-refractivity contribution < 1.29 is 0 Å². The summed E-state index contributed by atoms with van der Waals surface area (Å²) in [6.07, 6.45) is 3.67. The molecular weight excluding hydrogens is 291 g/mol. The second-order valence-electron chi connectivity index (χ2n) is 6.45. The van der Waals surface area contributed by atoms with Crippen molar-refractivity contribution >= 4 is 23.2 Å². The minimum atomic E-state index is 0.162. The molecule has 1 saturated heterocycles. The SMILES string of the molecule is CC1(C)CCCN(C(CN)c2cccc(Cl)c2Cl)CC1. The third-order valence-electron chi connectivity index (χ3n) is 4.38. The van der Waals surface area contributed by atoms with Crippen LogP contribution in [0.15, 0.2) is 18.2 Å². The fourth-order valence-corrected chi connectivity index (χ4v) is 3.44. The number of likely N-dealkylation sites (tertiary alicyclic amines) is 1. The summed E-state index contributed by atoms with van der Waals surface area (Å²) in [5.74, 6) is 0. The lowest BCUT2D eigenvalue weighted by molar-refractivity contribution is 0.200. The highest BCUT2D eigenvalue weighted by Gasteiger charge is 2.28. The largest absolute Gasteiger partial charge is 0.329 e. The standard InChI is InChI=1S/C16H24Cl2N2/c1-16(2)7-4-9-20(10-8-16)14(11-19)12-5-3-6-13(17)15(12)18/h3,5-6,14H,4,7-11,19H2,1-2H3. The summed E-state index contributed by atoms with van der Waals surface area (Å²) in [5, 5.41) is 1.26. The second-order valence-corrected chi connectivity index (χ2v) is 7.23. The molecule has 2 nitrogen and oxygen atoms in total. The Balaban J connectivity index is 2.21. The minimum Gasteiger partial charge on any atom is -0.329 e. The van der Waals surface area contributed by atoms with Gasteiger partial charge in [-0.2, -0.15) is 0 Å². The topological polar surface area (TPSA) is 29.3 Å². The lowest BCUT2D eigenvalue weighted by atomic mass is 9.85. The normalized spacial score (nSPS) is 21.4. The molecule has 1 unspecified atom stereocenters. The third-order valence-corrected chi connectivity index (χ3v) is 5.21. The maximum Gasteiger partial charge on any atom is 0.0640 e. The summed E-state index contributed by atoms with van der Waals surface area (Å²) in [6, 6.07) is 5.98. The number of nitrogens with two attached hydrogens (primary N) is 1. The van der Waals surface area contributed by atoms with Crippen molar-refractivity contribution in [3.63, 3.8) is 0 Å². The van der Waals surface area contributed by atoms with Crippen LogP contribution in [0.2, 0.25) is 10.0 Å². The minimum absolute atomic E-state index is 0.162. The van der Waals surface area contributed by atoms with E-state index in [1.165, 1.54) is 19.3 Å². The van der Waals surface area contributed by atoms with Gasteiger partial charge in [0.15, 0.2) is 0 Å². The van der Waals surface area contributed by atoms with Gasteiger partial charge in [-0.1, -0.05) is 49.2 Å². The summed E-state index contributed by atoms with van der Waals surface area (Å²) in [4.78, 5) is 2.46. The molecule has 0 amide bonds. The number of benzene rings is 1. The van der Waals surface area contributed by atoms with Gasteiger partial charge in [0.05, 0.1) is 10.0 Å². The first kappa shape index (κ1) is 16.1. The number of nitrogens with zero attached hydrogens (tertiary/aromatic N) is 1. The maximum atomic E-state index is 6.37. The number of hydrogen-bond donors (Lipinski definition) is 1. The van der Waals surface area contributed by atoms with Gasteiger partial charge < -0.3 is 5.73 Å². The Morgan fingerprint density at radius 3 is 2.70 bits per heavy atom. The molecule has 0 spiro atoms. The van der Waals surface area contributed by atoms with Crippen molar-refractivity contribution in [2.24, 2.45) is 11.1 Å². The zero-order valence-electron chi connectivity index (χ0n) is 12.3. The molecule has 20 heavy (non-hydrogen) atoms. The van der Waals surface area contributed by atoms with Gasteiger partial charge in [-0.15, -0.1) is 0 Å². The highest BCUT2D eigenvalue weighted by Crippen LogP contribution is 2.36. The highest BCUT2D eigenvalue weighted by molar-refractivity contribution is 6.42. The zero-order chi connectivity index (χ0) is 14.8. The molecule has 1 aliphatic rings. The van der Waals surface area contributed by atoms with E-state index in [-0.39, 0.29) is 6.04 Å². The van der Waals surface area contributed by atoms with E-state index in [2.05, 4.69) is 18.7 Å². The van der Waals surface area contributed by atoms with Gasteiger partial charge in [-0.05, 0) is 49.4 Å². The molecule has 0 bridgehead atoms.